The molecular weight excluding hydrogens is 995 g/mol. The molecular formula is C42H39N11O13S4. The molecule has 70 heavy (non-hydrogen) atoms. The van der Waals surface area contributed by atoms with Crippen LogP contribution in [0.1, 0.15) is 6.42 Å². The molecule has 0 atom stereocenters. The Bertz CT molecular complexity index is 3430. The molecule has 28 heteroatoms. The van der Waals surface area contributed by atoms with Crippen LogP contribution in [0, 0.1) is 0 Å². The number of hydrogen-bond acceptors (Lipinski definition) is 20. The van der Waals surface area contributed by atoms with Gasteiger partial charge in [-0.2, -0.15) is 69.1 Å². The largest absolute Gasteiger partial charge is 0.379 e. The Labute approximate surface area is 399 Å². The Morgan fingerprint density at radius 3 is 1.30 bits per heavy atom. The lowest BCUT2D eigenvalue weighted by atomic mass is 10.1. The first-order chi connectivity index (χ1) is 33.2. The number of rotatable bonds is 17. The molecule has 0 spiro atoms. The fourth-order valence-electron chi connectivity index (χ4n) is 7.22. The van der Waals surface area contributed by atoms with Crippen molar-refractivity contribution < 1.29 is 56.6 Å². The standard InChI is InChI=1S/C42H39N11O13S4/c54-67(55,56)36-6-1-4-32-34(36)22-30(24-38(32)69(60,61)62)51-49-28-12-8-26(9-13-28)44-41-46-40(43-16-3-17-53-18-20-66-21-19-53)47-42(48-41)45-27-10-14-29(15-11-27)50-52-31-23-35-33(39(25-31)70(63,64)65)5-2-7-37(35)68(57,58)59/h1-2,4-15,22-25H,3,16-21H2,(H,54,55,56)(H,57,58,59)(H,60,61,62)(H,63,64,65)(H3,43,44,45,46,47,48)/b51-49+,52-50+. The summed E-state index contributed by atoms with van der Waals surface area (Å²) < 4.78 is 142. The van der Waals surface area contributed by atoms with E-state index < -0.39 is 60.1 Å². The fraction of sp³-hybridized carbons (Fsp3) is 0.167. The number of nitrogens with zero attached hydrogens (tertiary/aromatic N) is 8. The van der Waals surface area contributed by atoms with Crippen LogP contribution in [0.15, 0.2) is 149 Å². The van der Waals surface area contributed by atoms with Gasteiger partial charge in [-0.05, 0) is 97.9 Å². The zero-order chi connectivity index (χ0) is 49.8. The van der Waals surface area contributed by atoms with E-state index in [1.54, 1.807) is 48.5 Å². The molecule has 7 N–H and O–H groups in total. The van der Waals surface area contributed by atoms with Crippen LogP contribution in [-0.4, -0.2) is 111 Å². The van der Waals surface area contributed by atoms with Gasteiger partial charge in [-0.15, -0.1) is 0 Å². The highest BCUT2D eigenvalue weighted by Gasteiger charge is 2.23. The first kappa shape index (κ1) is 49.4. The van der Waals surface area contributed by atoms with Gasteiger partial charge >= 0.3 is 0 Å². The number of nitrogens with one attached hydrogen (secondary N) is 3. The minimum absolute atomic E-state index is 0.133. The van der Waals surface area contributed by atoms with E-state index in [4.69, 9.17) is 4.74 Å². The number of aromatic nitrogens is 3. The molecule has 1 aliphatic rings. The molecule has 1 fully saturated rings. The highest BCUT2D eigenvalue weighted by molar-refractivity contribution is 7.87. The highest BCUT2D eigenvalue weighted by Crippen LogP contribution is 2.36. The van der Waals surface area contributed by atoms with Crippen molar-refractivity contribution in [2.45, 2.75) is 26.0 Å². The summed E-state index contributed by atoms with van der Waals surface area (Å²) >= 11 is 0. The molecule has 0 bridgehead atoms. The third-order valence-electron chi connectivity index (χ3n) is 10.4. The van der Waals surface area contributed by atoms with Gasteiger partial charge in [0, 0.05) is 52.6 Å². The summed E-state index contributed by atoms with van der Waals surface area (Å²) in [5.41, 5.74) is 1.32. The summed E-state index contributed by atoms with van der Waals surface area (Å²) in [6.45, 7) is 4.36. The van der Waals surface area contributed by atoms with Crippen LogP contribution >= 0.6 is 0 Å². The quantitative estimate of drug-likeness (QED) is 0.0262. The number of hydrogen-bond donors (Lipinski definition) is 7. The minimum Gasteiger partial charge on any atom is -0.379 e. The van der Waals surface area contributed by atoms with Crippen molar-refractivity contribution in [2.24, 2.45) is 20.5 Å². The van der Waals surface area contributed by atoms with Crippen LogP contribution in [-0.2, 0) is 45.2 Å². The zero-order valence-electron chi connectivity index (χ0n) is 36.0. The van der Waals surface area contributed by atoms with Crippen LogP contribution in [0.2, 0.25) is 0 Å². The van der Waals surface area contributed by atoms with E-state index in [9.17, 15) is 51.9 Å². The van der Waals surface area contributed by atoms with E-state index in [1.165, 1.54) is 36.4 Å². The predicted octanol–water partition coefficient (Wildman–Crippen LogP) is 7.62. The number of benzene rings is 6. The van der Waals surface area contributed by atoms with Gasteiger partial charge in [-0.1, -0.05) is 24.3 Å². The van der Waals surface area contributed by atoms with Crippen LogP contribution in [0.25, 0.3) is 21.5 Å². The Morgan fingerprint density at radius 2 is 0.886 bits per heavy atom. The smallest absolute Gasteiger partial charge is 0.295 e. The molecule has 0 radical (unpaired) electrons. The van der Waals surface area contributed by atoms with Crippen LogP contribution in [0.4, 0.5) is 52.0 Å². The molecule has 1 aliphatic heterocycles. The second kappa shape index (κ2) is 20.2. The first-order valence-corrected chi connectivity index (χ1v) is 26.3. The van der Waals surface area contributed by atoms with Gasteiger partial charge in [0.2, 0.25) is 17.8 Å². The number of ether oxygens (including phenoxy) is 1. The second-order valence-corrected chi connectivity index (χ2v) is 20.8. The third-order valence-corrected chi connectivity index (χ3v) is 14.0. The maximum atomic E-state index is 12.2. The third kappa shape index (κ3) is 12.2. The van der Waals surface area contributed by atoms with Gasteiger partial charge in [-0.3, -0.25) is 23.1 Å². The van der Waals surface area contributed by atoms with Crippen LogP contribution < -0.4 is 16.0 Å². The average molecular weight is 1030 g/mol. The van der Waals surface area contributed by atoms with Gasteiger partial charge in [0.15, 0.2) is 0 Å². The maximum Gasteiger partial charge on any atom is 0.295 e. The molecule has 1 saturated heterocycles. The lowest BCUT2D eigenvalue weighted by Crippen LogP contribution is -2.37. The lowest BCUT2D eigenvalue weighted by Gasteiger charge is -2.26. The number of morpholine rings is 1. The number of azo groups is 2. The van der Waals surface area contributed by atoms with Crippen molar-refractivity contribution in [1.82, 2.24) is 19.9 Å². The molecule has 0 amide bonds. The van der Waals surface area contributed by atoms with Crippen molar-refractivity contribution in [3.05, 3.63) is 109 Å². The van der Waals surface area contributed by atoms with Gasteiger partial charge in [-0.25, -0.2) is 0 Å². The summed E-state index contributed by atoms with van der Waals surface area (Å²) in [7, 11) is -19.3. The molecule has 1 aromatic heterocycles. The Hall–Kier alpha value is -6.99. The Balaban J connectivity index is 1.01. The summed E-state index contributed by atoms with van der Waals surface area (Å²) in [5.74, 6) is 0.507. The van der Waals surface area contributed by atoms with Crippen molar-refractivity contribution in [3.63, 3.8) is 0 Å². The molecule has 0 unspecified atom stereocenters. The van der Waals surface area contributed by atoms with E-state index in [0.29, 0.717) is 31.1 Å². The molecule has 2 heterocycles. The van der Waals surface area contributed by atoms with E-state index in [1.807, 2.05) is 0 Å². The van der Waals surface area contributed by atoms with Gasteiger partial charge in [0.1, 0.15) is 19.6 Å². The molecule has 0 aliphatic carbocycles. The van der Waals surface area contributed by atoms with Crippen LogP contribution in [0.3, 0.4) is 0 Å². The van der Waals surface area contributed by atoms with Crippen molar-refractivity contribution in [2.75, 3.05) is 55.3 Å². The molecule has 7 aromatic rings. The topological polar surface area (TPSA) is 354 Å². The fourth-order valence-corrected chi connectivity index (χ4v) is 10.1. The Morgan fingerprint density at radius 1 is 0.486 bits per heavy atom. The van der Waals surface area contributed by atoms with Crippen molar-refractivity contribution >= 4 is 114 Å². The zero-order valence-corrected chi connectivity index (χ0v) is 39.3. The van der Waals surface area contributed by atoms with E-state index in [2.05, 4.69) is 56.3 Å². The van der Waals surface area contributed by atoms with Crippen LogP contribution in [0.5, 0.6) is 0 Å². The minimum atomic E-state index is -4.86. The molecule has 364 valence electrons. The summed E-state index contributed by atoms with van der Waals surface area (Å²) in [5, 5.41) is 25.1. The SMILES string of the molecule is O=S(=O)(O)c1cc(/N=N/c2ccc(Nc3nc(NCCCN4CCOCC4)nc(Nc4ccc(/N=N/c5cc(S(=O)(=O)O)c6cccc(S(=O)(=O)O)c6c5)cc4)n3)cc2)cc2c(S(=O)(=O)O)cccc12. The van der Waals surface area contributed by atoms with Gasteiger partial charge < -0.3 is 20.7 Å². The predicted molar refractivity (Wildman–Crippen MR) is 255 cm³/mol. The lowest BCUT2D eigenvalue weighted by molar-refractivity contribution is 0.0378. The van der Waals surface area contributed by atoms with Crippen molar-refractivity contribution in [1.29, 1.82) is 0 Å². The summed E-state index contributed by atoms with van der Waals surface area (Å²) in [4.78, 5) is 13.4. The second-order valence-electron chi connectivity index (χ2n) is 15.3. The molecule has 24 nitrogen and oxygen atoms in total. The first-order valence-electron chi connectivity index (χ1n) is 20.6. The Kier molecular flexibility index (Phi) is 14.2. The summed E-state index contributed by atoms with van der Waals surface area (Å²) in [6, 6.07) is 24.3. The number of fused-ring (bicyclic) bond motifs is 2. The number of anilines is 5. The molecule has 6 aromatic carbocycles. The van der Waals surface area contributed by atoms with Crippen molar-refractivity contribution in [3.8, 4) is 0 Å². The van der Waals surface area contributed by atoms with E-state index in [0.717, 1.165) is 50.3 Å². The average Bonchev–Trinajstić information content (AvgIpc) is 3.30. The molecule has 0 saturated carbocycles. The maximum absolute atomic E-state index is 12.2. The van der Waals surface area contributed by atoms with E-state index in [-0.39, 0.29) is 62.1 Å². The summed E-state index contributed by atoms with van der Waals surface area (Å²) in [6.07, 6.45) is 0.777. The normalized spacial score (nSPS) is 14.2. The molecule has 8 rings (SSSR count). The van der Waals surface area contributed by atoms with E-state index >= 15 is 0 Å². The highest BCUT2D eigenvalue weighted by atomic mass is 32.2. The monoisotopic (exact) mass is 1030 g/mol. The van der Waals surface area contributed by atoms with Gasteiger partial charge in [0.25, 0.3) is 40.5 Å². The van der Waals surface area contributed by atoms with Gasteiger partial charge in [0.05, 0.1) is 36.0 Å².